The Bertz CT molecular complexity index is 691. The predicted octanol–water partition coefficient (Wildman–Crippen LogP) is 2.14. The van der Waals surface area contributed by atoms with Crippen molar-refractivity contribution in [2.45, 2.75) is 0 Å². The topological polar surface area (TPSA) is 69.1 Å². The van der Waals surface area contributed by atoms with Crippen LogP contribution in [0.5, 0.6) is 0 Å². The third-order valence-electron chi connectivity index (χ3n) is 2.41. The number of halogens is 1. The second kappa shape index (κ2) is 3.81. The Kier molecular flexibility index (Phi) is 2.29. The Balaban J connectivity index is 2.27. The zero-order chi connectivity index (χ0) is 11.8. The van der Waals surface area contributed by atoms with Crippen LogP contribution in [0.2, 0.25) is 0 Å². The van der Waals surface area contributed by atoms with Gasteiger partial charge >= 0.3 is 0 Å². The highest BCUT2D eigenvalue weighted by molar-refractivity contribution is 9.10. The summed E-state index contributed by atoms with van der Waals surface area (Å²) in [5.41, 5.74) is 8.08. The number of aromatic nitrogens is 4. The van der Waals surface area contributed by atoms with E-state index < -0.39 is 0 Å². The van der Waals surface area contributed by atoms with Crippen LogP contribution < -0.4 is 5.73 Å². The molecule has 0 aliphatic rings. The van der Waals surface area contributed by atoms with Crippen LogP contribution in [-0.2, 0) is 0 Å². The molecule has 0 saturated heterocycles. The van der Waals surface area contributed by atoms with Gasteiger partial charge in [0.2, 0.25) is 5.95 Å². The molecule has 0 aromatic carbocycles. The van der Waals surface area contributed by atoms with E-state index in [2.05, 4.69) is 30.9 Å². The number of anilines is 1. The van der Waals surface area contributed by atoms with Crippen LogP contribution in [0.25, 0.3) is 17.0 Å². The van der Waals surface area contributed by atoms with Crippen LogP contribution in [0, 0.1) is 0 Å². The Morgan fingerprint density at radius 2 is 2.06 bits per heavy atom. The average Bonchev–Trinajstić information content (AvgIpc) is 2.71. The van der Waals surface area contributed by atoms with E-state index in [1.54, 1.807) is 18.5 Å². The highest BCUT2D eigenvalue weighted by Gasteiger charge is 2.07. The number of hydrogen-bond acceptors (Lipinski definition) is 4. The third kappa shape index (κ3) is 1.76. The Hall–Kier alpha value is -1.95. The van der Waals surface area contributed by atoms with Crippen LogP contribution >= 0.6 is 15.9 Å². The number of fused-ring (bicyclic) bond motifs is 1. The molecule has 3 rings (SSSR count). The van der Waals surface area contributed by atoms with Crippen molar-refractivity contribution >= 4 is 27.5 Å². The molecular weight excluding hydrogens is 282 g/mol. The van der Waals surface area contributed by atoms with E-state index in [9.17, 15) is 0 Å². The molecular formula is C11H8BrN5. The quantitative estimate of drug-likeness (QED) is 0.745. The van der Waals surface area contributed by atoms with Gasteiger partial charge in [-0.1, -0.05) is 0 Å². The first-order valence-corrected chi connectivity index (χ1v) is 5.75. The predicted molar refractivity (Wildman–Crippen MR) is 68.3 cm³/mol. The molecule has 0 unspecified atom stereocenters. The van der Waals surface area contributed by atoms with Crippen molar-refractivity contribution in [1.82, 2.24) is 19.4 Å². The van der Waals surface area contributed by atoms with E-state index in [0.29, 0.717) is 0 Å². The van der Waals surface area contributed by atoms with Crippen molar-refractivity contribution in [3.05, 3.63) is 41.3 Å². The third-order valence-corrected chi connectivity index (χ3v) is 2.88. The number of nitrogens with zero attached hydrogens (tertiary/aromatic N) is 4. The number of rotatable bonds is 1. The van der Waals surface area contributed by atoms with E-state index in [1.807, 2.05) is 22.7 Å². The van der Waals surface area contributed by atoms with Gasteiger partial charge < -0.3 is 5.73 Å². The summed E-state index contributed by atoms with van der Waals surface area (Å²) in [6, 6.07) is 5.68. The average molecular weight is 290 g/mol. The number of nitrogens with two attached hydrogens (primary N) is 1. The summed E-state index contributed by atoms with van der Waals surface area (Å²) in [6.45, 7) is 0. The lowest BCUT2D eigenvalue weighted by Gasteiger charge is -2.02. The van der Waals surface area contributed by atoms with Gasteiger partial charge in [-0.25, -0.2) is 15.0 Å². The highest BCUT2D eigenvalue weighted by atomic mass is 79.9. The molecule has 0 saturated carbocycles. The van der Waals surface area contributed by atoms with E-state index in [-0.39, 0.29) is 5.95 Å². The van der Waals surface area contributed by atoms with Crippen molar-refractivity contribution in [1.29, 1.82) is 0 Å². The van der Waals surface area contributed by atoms with E-state index in [0.717, 1.165) is 21.5 Å². The van der Waals surface area contributed by atoms with Gasteiger partial charge in [0.1, 0.15) is 5.65 Å². The fraction of sp³-hybridized carbons (Fsp3) is 0. The lowest BCUT2D eigenvalue weighted by atomic mass is 10.3. The summed E-state index contributed by atoms with van der Waals surface area (Å²) in [6.07, 6.45) is 5.34. The normalized spacial score (nSPS) is 10.9. The standard InChI is InChI=1S/C11H8BrN5/c12-7-1-2-10-15-5-9(17(10)6-7)8-3-4-14-11(13)16-8/h1-6H,(H2,13,14,16). The minimum absolute atomic E-state index is 0.257. The van der Waals surface area contributed by atoms with Crippen molar-refractivity contribution in [3.63, 3.8) is 0 Å². The summed E-state index contributed by atoms with van der Waals surface area (Å²) in [5.74, 6) is 0.257. The summed E-state index contributed by atoms with van der Waals surface area (Å²) in [4.78, 5) is 12.4. The molecule has 3 aromatic heterocycles. The lowest BCUT2D eigenvalue weighted by Crippen LogP contribution is -1.96. The van der Waals surface area contributed by atoms with E-state index >= 15 is 0 Å². The lowest BCUT2D eigenvalue weighted by molar-refractivity contribution is 1.13. The molecule has 0 spiro atoms. The molecule has 0 aliphatic carbocycles. The SMILES string of the molecule is Nc1nccc(-c2cnc3ccc(Br)cn23)n1. The van der Waals surface area contributed by atoms with Gasteiger partial charge in [0.25, 0.3) is 0 Å². The monoisotopic (exact) mass is 289 g/mol. The molecule has 2 N–H and O–H groups in total. The first kappa shape index (κ1) is 10.2. The van der Waals surface area contributed by atoms with Crippen LogP contribution in [-0.4, -0.2) is 19.4 Å². The molecule has 0 radical (unpaired) electrons. The zero-order valence-electron chi connectivity index (χ0n) is 8.71. The molecule has 5 nitrogen and oxygen atoms in total. The summed E-state index contributed by atoms with van der Waals surface area (Å²) in [5, 5.41) is 0. The molecule has 0 amide bonds. The number of pyridine rings is 1. The summed E-state index contributed by atoms with van der Waals surface area (Å²) < 4.78 is 2.93. The molecule has 0 aliphatic heterocycles. The molecule has 84 valence electrons. The Morgan fingerprint density at radius 3 is 2.88 bits per heavy atom. The molecule has 0 fully saturated rings. The molecule has 0 bridgehead atoms. The smallest absolute Gasteiger partial charge is 0.220 e. The number of nitrogen functional groups attached to an aromatic ring is 1. The zero-order valence-corrected chi connectivity index (χ0v) is 10.3. The maximum absolute atomic E-state index is 5.58. The van der Waals surface area contributed by atoms with Crippen LogP contribution in [0.3, 0.4) is 0 Å². The van der Waals surface area contributed by atoms with Gasteiger partial charge in [-0.3, -0.25) is 4.40 Å². The summed E-state index contributed by atoms with van der Waals surface area (Å²) >= 11 is 3.43. The van der Waals surface area contributed by atoms with Gasteiger partial charge in [0.15, 0.2) is 0 Å². The minimum Gasteiger partial charge on any atom is -0.368 e. The molecule has 0 atom stereocenters. The molecule has 3 aromatic rings. The Labute approximate surface area is 105 Å². The van der Waals surface area contributed by atoms with Crippen molar-refractivity contribution in [2.75, 3.05) is 5.73 Å². The summed E-state index contributed by atoms with van der Waals surface area (Å²) in [7, 11) is 0. The second-order valence-corrected chi connectivity index (χ2v) is 4.43. The van der Waals surface area contributed by atoms with E-state index in [4.69, 9.17) is 5.73 Å². The van der Waals surface area contributed by atoms with E-state index in [1.165, 1.54) is 0 Å². The maximum Gasteiger partial charge on any atom is 0.220 e. The largest absolute Gasteiger partial charge is 0.368 e. The van der Waals surface area contributed by atoms with Gasteiger partial charge in [0, 0.05) is 16.9 Å². The van der Waals surface area contributed by atoms with Gasteiger partial charge in [0.05, 0.1) is 17.6 Å². The first-order chi connectivity index (χ1) is 8.24. The fourth-order valence-corrected chi connectivity index (χ4v) is 2.00. The molecule has 6 heteroatoms. The number of hydrogen-bond donors (Lipinski definition) is 1. The number of imidazole rings is 1. The van der Waals surface area contributed by atoms with Gasteiger partial charge in [-0.05, 0) is 34.1 Å². The van der Waals surface area contributed by atoms with Crippen LogP contribution in [0.1, 0.15) is 0 Å². The molecule has 3 heterocycles. The second-order valence-electron chi connectivity index (χ2n) is 3.52. The van der Waals surface area contributed by atoms with Gasteiger partial charge in [-0.2, -0.15) is 0 Å². The van der Waals surface area contributed by atoms with Crippen molar-refractivity contribution in [3.8, 4) is 11.4 Å². The highest BCUT2D eigenvalue weighted by Crippen LogP contribution is 2.21. The first-order valence-electron chi connectivity index (χ1n) is 4.95. The molecule has 17 heavy (non-hydrogen) atoms. The Morgan fingerprint density at radius 1 is 1.18 bits per heavy atom. The van der Waals surface area contributed by atoms with Crippen molar-refractivity contribution < 1.29 is 0 Å². The van der Waals surface area contributed by atoms with Crippen LogP contribution in [0.4, 0.5) is 5.95 Å². The minimum atomic E-state index is 0.257. The van der Waals surface area contributed by atoms with Crippen LogP contribution in [0.15, 0.2) is 41.3 Å². The fourth-order valence-electron chi connectivity index (χ4n) is 1.66. The van der Waals surface area contributed by atoms with Gasteiger partial charge in [-0.15, -0.1) is 0 Å². The van der Waals surface area contributed by atoms with Crippen molar-refractivity contribution in [2.24, 2.45) is 0 Å². The maximum atomic E-state index is 5.58.